The molecule has 2 heteroatoms. The van der Waals surface area contributed by atoms with Gasteiger partial charge in [-0.1, -0.05) is 19.4 Å². The molecule has 0 aliphatic heterocycles. The third kappa shape index (κ3) is 2.95. The van der Waals surface area contributed by atoms with Crippen molar-refractivity contribution in [2.45, 2.75) is 52.0 Å². The minimum Gasteiger partial charge on any atom is -0.327 e. The van der Waals surface area contributed by atoms with Crippen LogP contribution in [-0.2, 0) is 4.79 Å². The number of carbonyl (C=O) groups excluding carboxylic acids is 1. The van der Waals surface area contributed by atoms with E-state index in [1.54, 1.807) is 0 Å². The van der Waals surface area contributed by atoms with Gasteiger partial charge in [0.2, 0.25) is 0 Å². The highest BCUT2D eigenvalue weighted by atomic mass is 16.1. The van der Waals surface area contributed by atoms with Gasteiger partial charge in [0.1, 0.15) is 0 Å². The van der Waals surface area contributed by atoms with Crippen LogP contribution in [0.3, 0.4) is 0 Å². The number of hydrogen-bond acceptors (Lipinski definition) is 2. The van der Waals surface area contributed by atoms with Crippen LogP contribution in [0, 0.1) is 5.92 Å². The Bertz CT molecular complexity index is 230. The zero-order valence-electron chi connectivity index (χ0n) is 9.25. The normalized spacial score (nSPS) is 22.1. The molecule has 0 aromatic carbocycles. The molecule has 2 atom stereocenters. The molecule has 0 fully saturated rings. The van der Waals surface area contributed by atoms with E-state index in [0.717, 1.165) is 24.8 Å². The predicted octanol–water partition coefficient (Wildman–Crippen LogP) is 2.43. The van der Waals surface area contributed by atoms with Gasteiger partial charge in [0, 0.05) is 12.0 Å². The average molecular weight is 195 g/mol. The third-order valence-electron chi connectivity index (χ3n) is 3.06. The van der Waals surface area contributed by atoms with Gasteiger partial charge in [-0.15, -0.1) is 0 Å². The van der Waals surface area contributed by atoms with Gasteiger partial charge in [-0.25, -0.2) is 0 Å². The molecule has 0 amide bonds. The van der Waals surface area contributed by atoms with Gasteiger partial charge in [0.05, 0.1) is 0 Å². The van der Waals surface area contributed by atoms with E-state index < -0.39 is 0 Å². The van der Waals surface area contributed by atoms with Crippen LogP contribution in [0.1, 0.15) is 46.0 Å². The average Bonchev–Trinajstić information content (AvgIpc) is 2.43. The van der Waals surface area contributed by atoms with Crippen molar-refractivity contribution in [3.63, 3.8) is 0 Å². The summed E-state index contributed by atoms with van der Waals surface area (Å²) < 4.78 is 0. The van der Waals surface area contributed by atoms with Crippen LogP contribution < -0.4 is 5.73 Å². The summed E-state index contributed by atoms with van der Waals surface area (Å²) in [6, 6.07) is -0.0355. The topological polar surface area (TPSA) is 43.1 Å². The lowest BCUT2D eigenvalue weighted by Crippen LogP contribution is -2.31. The molecule has 0 bridgehead atoms. The predicted molar refractivity (Wildman–Crippen MR) is 59.0 cm³/mol. The monoisotopic (exact) mass is 195 g/mol. The minimum atomic E-state index is -0.0355. The van der Waals surface area contributed by atoms with E-state index in [9.17, 15) is 4.79 Å². The minimum absolute atomic E-state index is 0.0284. The van der Waals surface area contributed by atoms with Crippen molar-refractivity contribution in [2.24, 2.45) is 11.7 Å². The molecule has 1 aliphatic rings. The number of ketones is 1. The maximum atomic E-state index is 11.9. The molecule has 14 heavy (non-hydrogen) atoms. The summed E-state index contributed by atoms with van der Waals surface area (Å²) in [5.74, 6) is 0.237. The smallest absolute Gasteiger partial charge is 0.162 e. The van der Waals surface area contributed by atoms with Crippen molar-refractivity contribution in [3.05, 3.63) is 11.6 Å². The van der Waals surface area contributed by atoms with Crippen LogP contribution in [0.4, 0.5) is 0 Å². The van der Waals surface area contributed by atoms with Crippen LogP contribution in [0.2, 0.25) is 0 Å². The Morgan fingerprint density at radius 3 is 2.71 bits per heavy atom. The Balaban J connectivity index is 2.62. The van der Waals surface area contributed by atoms with E-state index in [4.69, 9.17) is 5.73 Å². The summed E-state index contributed by atoms with van der Waals surface area (Å²) >= 11 is 0. The number of rotatable bonds is 3. The maximum Gasteiger partial charge on any atom is 0.162 e. The summed E-state index contributed by atoms with van der Waals surface area (Å²) in [7, 11) is 0. The van der Waals surface area contributed by atoms with Crippen molar-refractivity contribution in [3.8, 4) is 0 Å². The van der Waals surface area contributed by atoms with Gasteiger partial charge in [-0.05, 0) is 38.2 Å². The number of nitrogens with two attached hydrogens (primary N) is 1. The Hall–Kier alpha value is -0.630. The Kier molecular flexibility index (Phi) is 4.33. The van der Waals surface area contributed by atoms with Gasteiger partial charge in [-0.2, -0.15) is 0 Å². The fourth-order valence-electron chi connectivity index (χ4n) is 1.77. The van der Waals surface area contributed by atoms with Gasteiger partial charge in [0.25, 0.3) is 0 Å². The third-order valence-corrected chi connectivity index (χ3v) is 3.06. The fourth-order valence-corrected chi connectivity index (χ4v) is 1.77. The molecule has 0 saturated heterocycles. The summed E-state index contributed by atoms with van der Waals surface area (Å²) in [6.07, 6.45) is 7.77. The van der Waals surface area contributed by atoms with Crippen molar-refractivity contribution in [1.82, 2.24) is 0 Å². The van der Waals surface area contributed by atoms with E-state index in [0.29, 0.717) is 0 Å². The molecule has 0 radical (unpaired) electrons. The first-order chi connectivity index (χ1) is 6.63. The Morgan fingerprint density at radius 2 is 2.07 bits per heavy atom. The quantitative estimate of drug-likeness (QED) is 0.751. The zero-order chi connectivity index (χ0) is 10.6. The summed E-state index contributed by atoms with van der Waals surface area (Å²) in [4.78, 5) is 11.9. The van der Waals surface area contributed by atoms with E-state index >= 15 is 0 Å². The number of Topliss-reactive ketones (excluding diaryl/α,β-unsaturated/α-hetero) is 1. The van der Waals surface area contributed by atoms with Gasteiger partial charge in [0.15, 0.2) is 5.78 Å². The molecular weight excluding hydrogens is 174 g/mol. The SMILES string of the molecule is CC(N)C(C)C(=O)C1=CCCCCC1. The van der Waals surface area contributed by atoms with Crippen LogP contribution in [0.5, 0.6) is 0 Å². The van der Waals surface area contributed by atoms with E-state index in [-0.39, 0.29) is 17.7 Å². The molecular formula is C12H21NO. The standard InChI is InChI=1S/C12H21NO/c1-9(10(2)13)12(14)11-7-5-3-4-6-8-11/h7,9-10H,3-6,8,13H2,1-2H3. The molecule has 2 unspecified atom stereocenters. The lowest BCUT2D eigenvalue weighted by Gasteiger charge is -2.15. The largest absolute Gasteiger partial charge is 0.327 e. The van der Waals surface area contributed by atoms with Crippen molar-refractivity contribution in [2.75, 3.05) is 0 Å². The highest BCUT2D eigenvalue weighted by Gasteiger charge is 2.20. The molecule has 1 aliphatic carbocycles. The number of hydrogen-bond donors (Lipinski definition) is 1. The van der Waals surface area contributed by atoms with Crippen molar-refractivity contribution in [1.29, 1.82) is 0 Å². The lowest BCUT2D eigenvalue weighted by atomic mass is 9.91. The van der Waals surface area contributed by atoms with E-state index in [1.807, 2.05) is 13.8 Å². The molecule has 0 saturated carbocycles. The first kappa shape index (κ1) is 11.4. The molecule has 0 heterocycles. The molecule has 1 rings (SSSR count). The second-order valence-corrected chi connectivity index (χ2v) is 4.34. The van der Waals surface area contributed by atoms with E-state index in [2.05, 4.69) is 6.08 Å². The summed E-state index contributed by atoms with van der Waals surface area (Å²) in [5.41, 5.74) is 6.76. The van der Waals surface area contributed by atoms with Crippen LogP contribution in [0.15, 0.2) is 11.6 Å². The Morgan fingerprint density at radius 1 is 1.36 bits per heavy atom. The fraction of sp³-hybridized carbons (Fsp3) is 0.750. The Labute approximate surface area is 86.6 Å². The maximum absolute atomic E-state index is 11.9. The second kappa shape index (κ2) is 5.30. The van der Waals surface area contributed by atoms with Gasteiger partial charge < -0.3 is 5.73 Å². The van der Waals surface area contributed by atoms with Gasteiger partial charge in [-0.3, -0.25) is 4.79 Å². The van der Waals surface area contributed by atoms with Crippen LogP contribution in [0.25, 0.3) is 0 Å². The molecule has 0 spiro atoms. The highest BCUT2D eigenvalue weighted by molar-refractivity contribution is 5.97. The van der Waals surface area contributed by atoms with E-state index in [1.165, 1.54) is 12.8 Å². The van der Waals surface area contributed by atoms with Crippen molar-refractivity contribution < 1.29 is 4.79 Å². The lowest BCUT2D eigenvalue weighted by molar-refractivity contribution is -0.119. The molecule has 0 aromatic rings. The highest BCUT2D eigenvalue weighted by Crippen LogP contribution is 2.21. The molecule has 2 N–H and O–H groups in total. The van der Waals surface area contributed by atoms with Crippen molar-refractivity contribution >= 4 is 5.78 Å². The van der Waals surface area contributed by atoms with Crippen LogP contribution >= 0.6 is 0 Å². The molecule has 2 nitrogen and oxygen atoms in total. The molecule has 0 aromatic heterocycles. The zero-order valence-corrected chi connectivity index (χ0v) is 9.25. The number of carbonyl (C=O) groups is 1. The molecule has 80 valence electrons. The summed E-state index contributed by atoms with van der Waals surface area (Å²) in [5, 5.41) is 0. The first-order valence-corrected chi connectivity index (χ1v) is 5.61. The van der Waals surface area contributed by atoms with Crippen LogP contribution in [-0.4, -0.2) is 11.8 Å². The first-order valence-electron chi connectivity index (χ1n) is 5.61. The number of allylic oxidation sites excluding steroid dienone is 2. The summed E-state index contributed by atoms with van der Waals surface area (Å²) in [6.45, 7) is 3.83. The second-order valence-electron chi connectivity index (χ2n) is 4.34. The van der Waals surface area contributed by atoms with Gasteiger partial charge >= 0.3 is 0 Å².